The van der Waals surface area contributed by atoms with Crippen LogP contribution in [0.15, 0.2) is 21.9 Å². The van der Waals surface area contributed by atoms with Crippen molar-refractivity contribution >= 4 is 19.2 Å². The third-order valence-electron chi connectivity index (χ3n) is 7.11. The second-order valence-corrected chi connectivity index (χ2v) is 19.3. The number of hydrogen-bond donors (Lipinski definition) is 2. The Morgan fingerprint density at radius 3 is 2.00 bits per heavy atom. The first kappa shape index (κ1) is 27.9. The molecular formula is C25H44N2O6Sn. The van der Waals surface area contributed by atoms with E-state index in [2.05, 4.69) is 18.8 Å². The van der Waals surface area contributed by atoms with Crippen molar-refractivity contribution in [2.75, 3.05) is 6.61 Å². The number of hydrogen-bond acceptors (Lipinski definition) is 6. The van der Waals surface area contributed by atoms with E-state index in [1.54, 1.807) is 0 Å². The minimum absolute atomic E-state index is 0.185. The van der Waals surface area contributed by atoms with Gasteiger partial charge in [0, 0.05) is 0 Å². The van der Waals surface area contributed by atoms with Crippen molar-refractivity contribution in [3.8, 4) is 0 Å². The van der Waals surface area contributed by atoms with Crippen LogP contribution in [-0.4, -0.2) is 58.8 Å². The Hall–Kier alpha value is -0.681. The average molecular weight is 587 g/mol. The fourth-order valence-electron chi connectivity index (χ4n) is 5.21. The van der Waals surface area contributed by atoms with Gasteiger partial charge in [0.05, 0.1) is 0 Å². The maximum atomic E-state index is 12.5. The van der Waals surface area contributed by atoms with Gasteiger partial charge in [-0.2, -0.15) is 0 Å². The summed E-state index contributed by atoms with van der Waals surface area (Å²) in [5.41, 5.74) is -0.976. The van der Waals surface area contributed by atoms with Crippen molar-refractivity contribution < 1.29 is 16.0 Å². The van der Waals surface area contributed by atoms with E-state index in [1.165, 1.54) is 81.0 Å². The molecule has 2 aliphatic heterocycles. The van der Waals surface area contributed by atoms with Gasteiger partial charge >= 0.3 is 209 Å². The van der Waals surface area contributed by atoms with Gasteiger partial charge in [-0.25, -0.2) is 0 Å². The van der Waals surface area contributed by atoms with Gasteiger partial charge in [-0.3, -0.25) is 0 Å². The van der Waals surface area contributed by atoms with Gasteiger partial charge in [0.25, 0.3) is 0 Å². The molecule has 34 heavy (non-hydrogen) atoms. The first-order chi connectivity index (χ1) is 16.5. The van der Waals surface area contributed by atoms with Crippen LogP contribution in [0.2, 0.25) is 8.87 Å². The van der Waals surface area contributed by atoms with Crippen LogP contribution < -0.4 is 11.2 Å². The Morgan fingerprint density at radius 2 is 1.44 bits per heavy atom. The molecule has 2 aliphatic rings. The summed E-state index contributed by atoms with van der Waals surface area (Å²) in [7, 11) is 0. The number of ether oxygens (including phenoxy) is 1. The third-order valence-corrected chi connectivity index (χ3v) is 17.5. The number of aromatic amines is 1. The fourth-order valence-corrected chi connectivity index (χ4v) is 16.3. The predicted octanol–water partition coefficient (Wildman–Crippen LogP) is 4.37. The van der Waals surface area contributed by atoms with Crippen LogP contribution in [0.25, 0.3) is 0 Å². The molecule has 194 valence electrons. The number of aliphatic hydroxyl groups excluding tert-OH is 1. The van der Waals surface area contributed by atoms with Crippen molar-refractivity contribution in [3.63, 3.8) is 0 Å². The number of aromatic nitrogens is 2. The van der Waals surface area contributed by atoms with Crippen molar-refractivity contribution in [2.24, 2.45) is 0 Å². The minimum atomic E-state index is -3.42. The molecule has 2 N–H and O–H groups in total. The van der Waals surface area contributed by atoms with E-state index >= 15 is 0 Å². The molecule has 3 rings (SSSR count). The van der Waals surface area contributed by atoms with Crippen LogP contribution in [0.3, 0.4) is 0 Å². The van der Waals surface area contributed by atoms with E-state index in [0.717, 1.165) is 21.7 Å². The molecule has 0 amide bonds. The quantitative estimate of drug-likeness (QED) is 0.220. The van der Waals surface area contributed by atoms with Crippen LogP contribution in [0.1, 0.15) is 97.1 Å². The molecule has 0 saturated carbocycles. The molecule has 1 aromatic heterocycles. The Kier molecular flexibility index (Phi) is 11.6. The summed E-state index contributed by atoms with van der Waals surface area (Å²) in [6.07, 6.45) is 14.2. The van der Waals surface area contributed by atoms with E-state index in [9.17, 15) is 14.7 Å². The van der Waals surface area contributed by atoms with Crippen molar-refractivity contribution in [3.05, 3.63) is 33.1 Å². The number of rotatable bonds is 16. The number of H-pyrrole nitrogens is 1. The molecule has 2 fully saturated rings. The van der Waals surface area contributed by atoms with E-state index in [1.807, 2.05) is 0 Å². The summed E-state index contributed by atoms with van der Waals surface area (Å²) in [6.45, 7) is 4.28. The zero-order chi connectivity index (χ0) is 24.4. The predicted molar refractivity (Wildman–Crippen MR) is 134 cm³/mol. The Labute approximate surface area is 208 Å². The number of aliphatic hydroxyl groups is 1. The topological polar surface area (TPSA) is 103 Å². The molecule has 0 bridgehead atoms. The Balaban J connectivity index is 1.70. The molecule has 0 aromatic carbocycles. The molecule has 3 heterocycles. The summed E-state index contributed by atoms with van der Waals surface area (Å²) in [5, 5.41) is 9.97. The van der Waals surface area contributed by atoms with Gasteiger partial charge in [0.15, 0.2) is 0 Å². The zero-order valence-corrected chi connectivity index (χ0v) is 23.9. The average Bonchev–Trinajstić information content (AvgIpc) is 3.34. The second-order valence-electron chi connectivity index (χ2n) is 9.88. The van der Waals surface area contributed by atoms with Gasteiger partial charge in [0.2, 0.25) is 0 Å². The van der Waals surface area contributed by atoms with Crippen molar-refractivity contribution in [1.29, 1.82) is 0 Å². The molecule has 2 saturated heterocycles. The normalized spacial score (nSPS) is 25.6. The molecule has 0 radical (unpaired) electrons. The molecule has 9 heteroatoms. The molecule has 0 aliphatic carbocycles. The molecule has 4 unspecified atom stereocenters. The number of unbranched alkanes of at least 4 members (excludes halogenated alkanes) is 10. The summed E-state index contributed by atoms with van der Waals surface area (Å²) in [6, 6.07) is 1.31. The van der Waals surface area contributed by atoms with Gasteiger partial charge in [-0.15, -0.1) is 0 Å². The number of fused-ring (bicyclic) bond motifs is 1. The van der Waals surface area contributed by atoms with Gasteiger partial charge in [-0.05, 0) is 0 Å². The van der Waals surface area contributed by atoms with E-state index in [-0.39, 0.29) is 12.7 Å². The van der Waals surface area contributed by atoms with Gasteiger partial charge in [-0.1, -0.05) is 0 Å². The first-order valence-electron chi connectivity index (χ1n) is 13.5. The van der Waals surface area contributed by atoms with Crippen LogP contribution >= 0.6 is 0 Å². The van der Waals surface area contributed by atoms with E-state index in [4.69, 9.17) is 10.9 Å². The van der Waals surface area contributed by atoms with Crippen LogP contribution in [0, 0.1) is 0 Å². The second kappa shape index (κ2) is 14.2. The Morgan fingerprint density at radius 1 is 0.882 bits per heavy atom. The maximum absolute atomic E-state index is 12.5. The molecule has 8 nitrogen and oxygen atoms in total. The summed E-state index contributed by atoms with van der Waals surface area (Å²) >= 11 is -3.42. The zero-order valence-electron chi connectivity index (χ0n) is 21.0. The monoisotopic (exact) mass is 588 g/mol. The van der Waals surface area contributed by atoms with E-state index < -0.39 is 48.9 Å². The molecule has 1 aromatic rings. The van der Waals surface area contributed by atoms with Crippen LogP contribution in [-0.2, 0) is 10.9 Å². The number of nitrogens with one attached hydrogen (secondary N) is 1. The van der Waals surface area contributed by atoms with Crippen molar-refractivity contribution in [2.45, 2.75) is 124 Å². The molecular weight excluding hydrogens is 543 g/mol. The molecule has 4 atom stereocenters. The van der Waals surface area contributed by atoms with E-state index in [0.29, 0.717) is 0 Å². The third kappa shape index (κ3) is 7.41. The summed E-state index contributed by atoms with van der Waals surface area (Å²) in [4.78, 5) is 26.3. The summed E-state index contributed by atoms with van der Waals surface area (Å²) < 4.78 is 23.0. The van der Waals surface area contributed by atoms with Crippen LogP contribution in [0.4, 0.5) is 0 Å². The van der Waals surface area contributed by atoms with Gasteiger partial charge in [0.1, 0.15) is 0 Å². The SMILES string of the molecule is CCCCCCC[CH2][Sn]1([CH2]CCCCCCC)[O]C2C(CO)OC(n3ccc(=O)[nH]c3=O)C2[O]1. The van der Waals surface area contributed by atoms with Crippen LogP contribution in [0.5, 0.6) is 0 Å². The molecule has 0 spiro atoms. The first-order valence-corrected chi connectivity index (χ1v) is 19.8. The summed E-state index contributed by atoms with van der Waals surface area (Å²) in [5.74, 6) is 0. The standard InChI is InChI=1S/C9H10N2O6.2C8H17.Sn/c12-3-4-6(14)7(15)8(17-4)11-2-1-5(13)10-9(11)16;2*1-3-5-7-8-6-4-2;/h1-2,4,6-8,12H,3H2,(H,10,13,16);2*1,3-8H2,2H3;/q-2;;;+2. The van der Waals surface area contributed by atoms with Crippen molar-refractivity contribution in [1.82, 2.24) is 9.55 Å². The van der Waals surface area contributed by atoms with Gasteiger partial charge < -0.3 is 0 Å². The Bertz CT molecular complexity index is 827. The number of nitrogens with zero attached hydrogens (tertiary/aromatic N) is 1. The fraction of sp³-hybridized carbons (Fsp3) is 0.840.